The van der Waals surface area contributed by atoms with Gasteiger partial charge in [-0.3, -0.25) is 0 Å². The molecular weight excluding hydrogens is 533 g/mol. The van der Waals surface area contributed by atoms with E-state index < -0.39 is 54.5 Å². The van der Waals surface area contributed by atoms with Gasteiger partial charge in [0, 0.05) is 12.6 Å². The van der Waals surface area contributed by atoms with Crippen molar-refractivity contribution in [2.75, 3.05) is 6.61 Å². The zero-order valence-electron chi connectivity index (χ0n) is 21.1. The minimum Gasteiger partial charge on any atom is -0.394 e. The van der Waals surface area contributed by atoms with Crippen LogP contribution < -0.4 is 0 Å². The van der Waals surface area contributed by atoms with E-state index in [1.165, 1.54) is 10.9 Å². The highest BCUT2D eigenvalue weighted by Crippen LogP contribution is 2.38. The van der Waals surface area contributed by atoms with Gasteiger partial charge < -0.3 is 24.6 Å². The van der Waals surface area contributed by atoms with Gasteiger partial charge in [-0.15, -0.1) is 5.10 Å². The fraction of sp³-hybridized carbons (Fsp3) is 0.320. The Kier molecular flexibility index (Phi) is 6.37. The number of nitrogens with zero attached hydrogens (tertiary/aromatic N) is 8. The number of hydrogen-bond donors (Lipinski definition) is 3. The highest BCUT2D eigenvalue weighted by Gasteiger charge is 2.48. The van der Waals surface area contributed by atoms with Gasteiger partial charge in [0.15, 0.2) is 23.3 Å². The topological polar surface area (TPSA) is 149 Å². The lowest BCUT2D eigenvalue weighted by Crippen LogP contribution is -2.53. The molecule has 0 saturated carbocycles. The SMILES string of the molecule is Cc1nc([C@@H]2O[C@H](CO)[C@H](O)[C@H](n3cc(-c4cc(F)c(F)c(F)c4)nn3)[C@H]2O)n(-c2ccc3ncn(C)c3c2)n1. The van der Waals surface area contributed by atoms with Crippen molar-refractivity contribution in [3.63, 3.8) is 0 Å². The molecule has 12 nitrogen and oxygen atoms in total. The summed E-state index contributed by atoms with van der Waals surface area (Å²) in [7, 11) is 1.85. The molecule has 208 valence electrons. The van der Waals surface area contributed by atoms with Crippen LogP contribution in [0.1, 0.15) is 23.8 Å². The fourth-order valence-corrected chi connectivity index (χ4v) is 4.94. The molecule has 0 aliphatic carbocycles. The molecule has 5 atom stereocenters. The normalized spacial score (nSPS) is 23.2. The third-order valence-electron chi connectivity index (χ3n) is 6.93. The van der Waals surface area contributed by atoms with E-state index in [4.69, 9.17) is 4.74 Å². The zero-order valence-corrected chi connectivity index (χ0v) is 21.1. The predicted molar refractivity (Wildman–Crippen MR) is 131 cm³/mol. The molecule has 1 saturated heterocycles. The van der Waals surface area contributed by atoms with Crippen LogP contribution in [0.25, 0.3) is 28.0 Å². The highest BCUT2D eigenvalue weighted by atomic mass is 19.2. The maximum atomic E-state index is 13.8. The maximum Gasteiger partial charge on any atom is 0.194 e. The lowest BCUT2D eigenvalue weighted by molar-refractivity contribution is -0.210. The second-order valence-corrected chi connectivity index (χ2v) is 9.54. The van der Waals surface area contributed by atoms with Crippen LogP contribution in [0.15, 0.2) is 42.9 Å². The van der Waals surface area contributed by atoms with Gasteiger partial charge in [0.1, 0.15) is 42.0 Å². The van der Waals surface area contributed by atoms with E-state index in [0.29, 0.717) is 11.5 Å². The van der Waals surface area contributed by atoms with E-state index in [0.717, 1.165) is 27.8 Å². The van der Waals surface area contributed by atoms with Crippen molar-refractivity contribution in [3.8, 4) is 16.9 Å². The number of rotatable bonds is 5. The molecule has 5 aromatic rings. The van der Waals surface area contributed by atoms with Gasteiger partial charge in [-0.05, 0) is 37.3 Å². The van der Waals surface area contributed by atoms with Gasteiger partial charge in [-0.2, -0.15) is 5.10 Å². The van der Waals surface area contributed by atoms with Crippen LogP contribution in [0.2, 0.25) is 0 Å². The predicted octanol–water partition coefficient (Wildman–Crippen LogP) is 1.53. The maximum absolute atomic E-state index is 13.8. The lowest BCUT2D eigenvalue weighted by atomic mass is 9.92. The number of fused-ring (bicyclic) bond motifs is 1. The molecule has 0 radical (unpaired) electrons. The van der Waals surface area contributed by atoms with E-state index in [1.54, 1.807) is 19.3 Å². The van der Waals surface area contributed by atoms with Crippen molar-refractivity contribution in [1.82, 2.24) is 39.3 Å². The first kappa shape index (κ1) is 26.1. The number of hydrogen-bond acceptors (Lipinski definition) is 9. The summed E-state index contributed by atoms with van der Waals surface area (Å²) < 4.78 is 51.4. The fourth-order valence-electron chi connectivity index (χ4n) is 4.94. The molecule has 0 spiro atoms. The smallest absolute Gasteiger partial charge is 0.194 e. The summed E-state index contributed by atoms with van der Waals surface area (Å²) in [6.45, 7) is 1.06. The Labute approximate surface area is 223 Å². The number of ether oxygens (including phenoxy) is 1. The molecule has 1 fully saturated rings. The van der Waals surface area contributed by atoms with Gasteiger partial charge in [-0.1, -0.05) is 5.21 Å². The minimum atomic E-state index is -1.62. The molecule has 1 aliphatic heterocycles. The Morgan fingerprint density at radius 2 is 1.80 bits per heavy atom. The Balaban J connectivity index is 1.39. The van der Waals surface area contributed by atoms with Crippen LogP contribution in [0, 0.1) is 24.4 Å². The van der Waals surface area contributed by atoms with Gasteiger partial charge in [0.25, 0.3) is 0 Å². The van der Waals surface area contributed by atoms with Gasteiger partial charge in [-0.25, -0.2) is 32.5 Å². The van der Waals surface area contributed by atoms with E-state index in [-0.39, 0.29) is 17.1 Å². The third kappa shape index (κ3) is 4.23. The van der Waals surface area contributed by atoms with E-state index in [2.05, 4.69) is 25.4 Å². The molecule has 40 heavy (non-hydrogen) atoms. The highest BCUT2D eigenvalue weighted by molar-refractivity contribution is 5.77. The second-order valence-electron chi connectivity index (χ2n) is 9.54. The molecule has 1 aliphatic rings. The zero-order chi connectivity index (χ0) is 28.3. The van der Waals surface area contributed by atoms with Gasteiger partial charge in [0.05, 0.1) is 35.9 Å². The first-order valence-electron chi connectivity index (χ1n) is 12.2. The van der Waals surface area contributed by atoms with E-state index in [9.17, 15) is 28.5 Å². The van der Waals surface area contributed by atoms with Gasteiger partial charge >= 0.3 is 0 Å². The van der Waals surface area contributed by atoms with Crippen LogP contribution in [-0.4, -0.2) is 79.5 Å². The molecule has 0 bridgehead atoms. The average molecular weight is 557 g/mol. The molecule has 2 aromatic carbocycles. The summed E-state index contributed by atoms with van der Waals surface area (Å²) in [6.07, 6.45) is -2.40. The summed E-state index contributed by atoms with van der Waals surface area (Å²) in [5.74, 6) is -3.86. The molecule has 3 aromatic heterocycles. The number of aromatic nitrogens is 8. The second kappa shape index (κ2) is 9.78. The number of imidazole rings is 1. The number of benzene rings is 2. The van der Waals surface area contributed by atoms with E-state index >= 15 is 0 Å². The molecule has 0 amide bonds. The number of aliphatic hydroxyl groups excluding tert-OH is 3. The van der Waals surface area contributed by atoms with Crippen molar-refractivity contribution < 1.29 is 33.2 Å². The molecule has 15 heteroatoms. The largest absolute Gasteiger partial charge is 0.394 e. The first-order chi connectivity index (χ1) is 19.2. The summed E-state index contributed by atoms with van der Waals surface area (Å²) in [5.41, 5.74) is 2.06. The van der Waals surface area contributed by atoms with Crippen LogP contribution in [0.4, 0.5) is 13.2 Å². The minimum absolute atomic E-state index is 0.0377. The summed E-state index contributed by atoms with van der Waals surface area (Å²) in [6, 6.07) is 5.72. The van der Waals surface area contributed by atoms with Crippen LogP contribution in [0.3, 0.4) is 0 Å². The summed E-state index contributed by atoms with van der Waals surface area (Å²) >= 11 is 0. The Bertz CT molecular complexity index is 1700. The van der Waals surface area contributed by atoms with Crippen LogP contribution >= 0.6 is 0 Å². The lowest BCUT2D eigenvalue weighted by Gasteiger charge is -2.41. The molecule has 4 heterocycles. The summed E-state index contributed by atoms with van der Waals surface area (Å²) in [5, 5.41) is 44.7. The Hall–Kier alpha value is -4.18. The van der Waals surface area contributed by atoms with Crippen molar-refractivity contribution in [3.05, 3.63) is 72.0 Å². The van der Waals surface area contributed by atoms with Crippen molar-refractivity contribution in [2.45, 2.75) is 37.4 Å². The number of aliphatic hydroxyl groups is 3. The van der Waals surface area contributed by atoms with E-state index in [1.807, 2.05) is 23.7 Å². The van der Waals surface area contributed by atoms with Crippen molar-refractivity contribution in [2.24, 2.45) is 7.05 Å². The summed E-state index contributed by atoms with van der Waals surface area (Å²) in [4.78, 5) is 8.79. The Morgan fingerprint density at radius 3 is 2.52 bits per heavy atom. The van der Waals surface area contributed by atoms with Crippen molar-refractivity contribution in [1.29, 1.82) is 0 Å². The monoisotopic (exact) mass is 556 g/mol. The van der Waals surface area contributed by atoms with Gasteiger partial charge in [0.2, 0.25) is 0 Å². The Morgan fingerprint density at radius 1 is 1.05 bits per heavy atom. The van der Waals surface area contributed by atoms with Crippen molar-refractivity contribution >= 4 is 11.0 Å². The molecule has 3 N–H and O–H groups in total. The van der Waals surface area contributed by atoms with Crippen LogP contribution in [0.5, 0.6) is 0 Å². The molecule has 6 rings (SSSR count). The average Bonchev–Trinajstić information content (AvgIpc) is 3.66. The standard InChI is InChI=1S/C25H23F3N8O4/c1-11-30-25(36(32-11)13-3-4-16-18(7-13)34(2)10-29-16)24-23(39)21(22(38)19(9-37)40-24)35-8-17(31-33-35)12-5-14(26)20(28)15(27)6-12/h3-8,10,19,21-24,37-39H,9H2,1-2H3/t19-,21+,22+,23-,24-/m1/s1. The molecule has 0 unspecified atom stereocenters. The molecular formula is C25H23F3N8O4. The first-order valence-corrected chi connectivity index (χ1v) is 12.2. The van der Waals surface area contributed by atoms with Crippen LogP contribution in [-0.2, 0) is 11.8 Å². The third-order valence-corrected chi connectivity index (χ3v) is 6.93. The quantitative estimate of drug-likeness (QED) is 0.274. The number of halogens is 3. The number of aryl methyl sites for hydroxylation is 2.